The van der Waals surface area contributed by atoms with Gasteiger partial charge in [0, 0.05) is 12.2 Å². The van der Waals surface area contributed by atoms with Crippen molar-refractivity contribution in [2.45, 2.75) is 6.54 Å². The number of phenols is 1. The van der Waals surface area contributed by atoms with E-state index in [1.165, 1.54) is 18.2 Å². The van der Waals surface area contributed by atoms with Crippen molar-refractivity contribution in [1.29, 1.82) is 0 Å². The van der Waals surface area contributed by atoms with E-state index in [1.54, 1.807) is 0 Å². The first-order chi connectivity index (χ1) is 10.6. The van der Waals surface area contributed by atoms with Gasteiger partial charge in [-0.1, -0.05) is 36.9 Å². The van der Waals surface area contributed by atoms with Gasteiger partial charge < -0.3 is 15.7 Å². The molecule has 0 saturated carbocycles. The van der Waals surface area contributed by atoms with Crippen molar-refractivity contribution < 1.29 is 14.7 Å². The van der Waals surface area contributed by atoms with E-state index in [-0.39, 0.29) is 17.2 Å². The van der Waals surface area contributed by atoms with Crippen LogP contribution < -0.4 is 10.6 Å². The van der Waals surface area contributed by atoms with E-state index >= 15 is 0 Å². The maximum atomic E-state index is 12.1. The van der Waals surface area contributed by atoms with Crippen molar-refractivity contribution in [2.75, 3.05) is 5.32 Å². The molecule has 0 aliphatic heterocycles. The molecule has 0 heterocycles. The quantitative estimate of drug-likeness (QED) is 0.586. The second kappa shape index (κ2) is 7.08. The first-order valence-electron chi connectivity index (χ1n) is 6.68. The lowest BCUT2D eigenvalue weighted by atomic mass is 10.1. The molecule has 5 heteroatoms. The highest BCUT2D eigenvalue weighted by molar-refractivity contribution is 6.01. The standard InChI is InChI=1S/C17H16N2O3/c1-2-16(21)19-13-8-9-15(20)14(10-13)17(22)18-11-12-6-4-3-5-7-12/h2-10,20H,1,11H2,(H,18,22)(H,19,21). The third-order valence-corrected chi connectivity index (χ3v) is 2.99. The van der Waals surface area contributed by atoms with E-state index in [0.29, 0.717) is 12.2 Å². The fourth-order valence-electron chi connectivity index (χ4n) is 1.86. The summed E-state index contributed by atoms with van der Waals surface area (Å²) < 4.78 is 0. The molecule has 0 fully saturated rings. The molecule has 0 bridgehead atoms. The summed E-state index contributed by atoms with van der Waals surface area (Å²) in [4.78, 5) is 23.4. The molecule has 0 aliphatic carbocycles. The van der Waals surface area contributed by atoms with Gasteiger partial charge in [-0.25, -0.2) is 0 Å². The van der Waals surface area contributed by atoms with Gasteiger partial charge in [-0.3, -0.25) is 9.59 Å². The Kier molecular flexibility index (Phi) is 4.93. The normalized spacial score (nSPS) is 9.82. The van der Waals surface area contributed by atoms with Crippen LogP contribution in [0.1, 0.15) is 15.9 Å². The minimum atomic E-state index is -0.420. The Labute approximate surface area is 128 Å². The molecule has 22 heavy (non-hydrogen) atoms. The van der Waals surface area contributed by atoms with E-state index < -0.39 is 5.91 Å². The molecule has 2 aromatic carbocycles. The number of benzene rings is 2. The van der Waals surface area contributed by atoms with Crippen LogP contribution in [0.3, 0.4) is 0 Å². The lowest BCUT2D eigenvalue weighted by molar-refractivity contribution is -0.111. The van der Waals surface area contributed by atoms with Crippen LogP contribution in [0.15, 0.2) is 61.2 Å². The second-order valence-corrected chi connectivity index (χ2v) is 4.59. The smallest absolute Gasteiger partial charge is 0.255 e. The van der Waals surface area contributed by atoms with E-state index in [0.717, 1.165) is 11.6 Å². The van der Waals surface area contributed by atoms with Gasteiger partial charge in [0.1, 0.15) is 5.75 Å². The monoisotopic (exact) mass is 296 g/mol. The highest BCUT2D eigenvalue weighted by atomic mass is 16.3. The zero-order chi connectivity index (χ0) is 15.9. The summed E-state index contributed by atoms with van der Waals surface area (Å²) in [6.07, 6.45) is 1.13. The van der Waals surface area contributed by atoms with Gasteiger partial charge in [-0.15, -0.1) is 0 Å². The maximum Gasteiger partial charge on any atom is 0.255 e. The fourth-order valence-corrected chi connectivity index (χ4v) is 1.86. The van der Waals surface area contributed by atoms with Gasteiger partial charge in [-0.05, 0) is 29.8 Å². The van der Waals surface area contributed by atoms with Crippen molar-refractivity contribution in [3.8, 4) is 5.75 Å². The van der Waals surface area contributed by atoms with Crippen molar-refractivity contribution >= 4 is 17.5 Å². The summed E-state index contributed by atoms with van der Waals surface area (Å²) in [5, 5.41) is 15.1. The van der Waals surface area contributed by atoms with Crippen molar-refractivity contribution in [1.82, 2.24) is 5.32 Å². The predicted octanol–water partition coefficient (Wildman–Crippen LogP) is 2.45. The van der Waals surface area contributed by atoms with Crippen LogP contribution in [0.5, 0.6) is 5.75 Å². The third kappa shape index (κ3) is 3.96. The topological polar surface area (TPSA) is 78.4 Å². The molecule has 0 aliphatic rings. The number of anilines is 1. The Bertz CT molecular complexity index is 696. The van der Waals surface area contributed by atoms with Crippen LogP contribution in [0.25, 0.3) is 0 Å². The van der Waals surface area contributed by atoms with Crippen LogP contribution in [0, 0.1) is 0 Å². The molecule has 0 spiro atoms. The minimum Gasteiger partial charge on any atom is -0.507 e. The molecule has 0 atom stereocenters. The molecule has 3 N–H and O–H groups in total. The highest BCUT2D eigenvalue weighted by Gasteiger charge is 2.12. The summed E-state index contributed by atoms with van der Waals surface area (Å²) in [5.41, 5.74) is 1.46. The lowest BCUT2D eigenvalue weighted by Gasteiger charge is -2.09. The Morgan fingerprint density at radius 2 is 1.86 bits per heavy atom. The van der Waals surface area contributed by atoms with Gasteiger partial charge in [-0.2, -0.15) is 0 Å². The molecule has 2 amide bonds. The number of carbonyl (C=O) groups is 2. The predicted molar refractivity (Wildman–Crippen MR) is 84.5 cm³/mol. The van der Waals surface area contributed by atoms with Crippen molar-refractivity contribution in [3.05, 3.63) is 72.3 Å². The minimum absolute atomic E-state index is 0.0952. The van der Waals surface area contributed by atoms with Gasteiger partial charge in [0.25, 0.3) is 5.91 Å². The largest absolute Gasteiger partial charge is 0.507 e. The summed E-state index contributed by atoms with van der Waals surface area (Å²) >= 11 is 0. The number of carbonyl (C=O) groups excluding carboxylic acids is 2. The molecular formula is C17H16N2O3. The number of nitrogens with one attached hydrogen (secondary N) is 2. The zero-order valence-corrected chi connectivity index (χ0v) is 11.9. The zero-order valence-electron chi connectivity index (χ0n) is 11.9. The number of hydrogen-bond acceptors (Lipinski definition) is 3. The van der Waals surface area contributed by atoms with Crippen LogP contribution in [-0.4, -0.2) is 16.9 Å². The number of phenolic OH excluding ortho intramolecular Hbond substituents is 1. The van der Waals surface area contributed by atoms with Crippen LogP contribution in [0.2, 0.25) is 0 Å². The number of hydrogen-bond donors (Lipinski definition) is 3. The fraction of sp³-hybridized carbons (Fsp3) is 0.0588. The molecule has 112 valence electrons. The first-order valence-corrected chi connectivity index (χ1v) is 6.68. The summed E-state index contributed by atoms with van der Waals surface area (Å²) in [5.74, 6) is -0.959. The van der Waals surface area contributed by atoms with Crippen LogP contribution in [0.4, 0.5) is 5.69 Å². The highest BCUT2D eigenvalue weighted by Crippen LogP contribution is 2.21. The number of amides is 2. The molecule has 5 nitrogen and oxygen atoms in total. The average molecular weight is 296 g/mol. The van der Waals surface area contributed by atoms with Gasteiger partial charge in [0.05, 0.1) is 5.56 Å². The van der Waals surface area contributed by atoms with Crippen molar-refractivity contribution in [3.63, 3.8) is 0 Å². The Morgan fingerprint density at radius 3 is 2.55 bits per heavy atom. The van der Waals surface area contributed by atoms with Gasteiger partial charge in [0.2, 0.25) is 5.91 Å². The molecule has 0 saturated heterocycles. The second-order valence-electron chi connectivity index (χ2n) is 4.59. The molecule has 2 rings (SSSR count). The third-order valence-electron chi connectivity index (χ3n) is 2.99. The SMILES string of the molecule is C=CC(=O)Nc1ccc(O)c(C(=O)NCc2ccccc2)c1. The van der Waals surface area contributed by atoms with E-state index in [4.69, 9.17) is 0 Å². The molecule has 0 aromatic heterocycles. The summed E-state index contributed by atoms with van der Waals surface area (Å²) in [6.45, 7) is 3.70. The van der Waals surface area contributed by atoms with E-state index in [9.17, 15) is 14.7 Å². The summed E-state index contributed by atoms with van der Waals surface area (Å²) in [7, 11) is 0. The van der Waals surface area contributed by atoms with E-state index in [1.807, 2.05) is 30.3 Å². The molecule has 2 aromatic rings. The molecular weight excluding hydrogens is 280 g/mol. The van der Waals surface area contributed by atoms with Crippen LogP contribution in [-0.2, 0) is 11.3 Å². The Hall–Kier alpha value is -3.08. The van der Waals surface area contributed by atoms with Gasteiger partial charge >= 0.3 is 0 Å². The Balaban J connectivity index is 2.09. The van der Waals surface area contributed by atoms with Gasteiger partial charge in [0.15, 0.2) is 0 Å². The number of aromatic hydroxyl groups is 1. The number of rotatable bonds is 5. The van der Waals surface area contributed by atoms with E-state index in [2.05, 4.69) is 17.2 Å². The maximum absolute atomic E-state index is 12.1. The van der Waals surface area contributed by atoms with Crippen LogP contribution >= 0.6 is 0 Å². The summed E-state index contributed by atoms with van der Waals surface area (Å²) in [6, 6.07) is 13.7. The molecule has 0 unspecified atom stereocenters. The molecule has 0 radical (unpaired) electrons. The van der Waals surface area contributed by atoms with Crippen molar-refractivity contribution in [2.24, 2.45) is 0 Å². The average Bonchev–Trinajstić information content (AvgIpc) is 2.55. The lowest BCUT2D eigenvalue weighted by Crippen LogP contribution is -2.23. The first kappa shape index (κ1) is 15.3. The Morgan fingerprint density at radius 1 is 1.14 bits per heavy atom.